The molecule has 0 aliphatic carbocycles. The van der Waals surface area contributed by atoms with Crippen LogP contribution in [-0.4, -0.2) is 67.8 Å². The van der Waals surface area contributed by atoms with Crippen molar-refractivity contribution < 1.29 is 19.1 Å². The Kier molecular flexibility index (Phi) is 11.9. The molecule has 4 N–H and O–H groups in total. The summed E-state index contributed by atoms with van der Waals surface area (Å²) in [6.45, 7) is 3.82. The maximum absolute atomic E-state index is 12.7. The van der Waals surface area contributed by atoms with Crippen LogP contribution >= 0.6 is 11.3 Å². The highest BCUT2D eigenvalue weighted by atomic mass is 32.1. The third-order valence-electron chi connectivity index (χ3n) is 8.95. The van der Waals surface area contributed by atoms with Gasteiger partial charge in [0, 0.05) is 37.3 Å². The molecule has 2 heterocycles. The fraction of sp³-hybridized carbons (Fsp3) is 0.308. The van der Waals surface area contributed by atoms with Gasteiger partial charge in [-0.05, 0) is 79.7 Å². The van der Waals surface area contributed by atoms with Crippen molar-refractivity contribution in [2.45, 2.75) is 38.2 Å². The number of piperidine rings is 1. The van der Waals surface area contributed by atoms with Gasteiger partial charge in [0.25, 0.3) is 0 Å². The number of fused-ring (bicyclic) bond motifs is 1. The van der Waals surface area contributed by atoms with Crippen molar-refractivity contribution in [2.24, 2.45) is 0 Å². The molecular weight excluding hydrogens is 651 g/mol. The second kappa shape index (κ2) is 17.1. The van der Waals surface area contributed by atoms with Crippen LogP contribution in [0, 0.1) is 0 Å². The number of thiazole rings is 1. The third-order valence-corrected chi connectivity index (χ3v) is 9.91. The van der Waals surface area contributed by atoms with E-state index in [1.54, 1.807) is 7.11 Å². The van der Waals surface area contributed by atoms with Gasteiger partial charge >= 0.3 is 11.0 Å². The van der Waals surface area contributed by atoms with Crippen LogP contribution in [-0.2, 0) is 22.4 Å². The van der Waals surface area contributed by atoms with Gasteiger partial charge in [-0.2, -0.15) is 0 Å². The lowest BCUT2D eigenvalue weighted by atomic mass is 10.0. The van der Waals surface area contributed by atoms with Crippen LogP contribution in [0.1, 0.15) is 30.4 Å². The molecule has 5 aromatic rings. The molecule has 1 aromatic heterocycles. The average molecular weight is 694 g/mol. The first-order chi connectivity index (χ1) is 24.4. The number of aromatic amines is 1. The number of likely N-dealkylation sites (tertiary alicyclic amines) is 1. The highest BCUT2D eigenvalue weighted by Crippen LogP contribution is 2.29. The number of carbonyl (C=O) groups excluding carboxylic acids is 2. The zero-order chi connectivity index (χ0) is 34.7. The minimum Gasteiger partial charge on any atom is -0.495 e. The summed E-state index contributed by atoms with van der Waals surface area (Å²) >= 11 is 1.22. The molecule has 11 heteroatoms. The number of ether oxygens (including phenoxy) is 2. The van der Waals surface area contributed by atoms with Crippen molar-refractivity contribution in [2.75, 3.05) is 50.5 Å². The molecule has 1 aliphatic heterocycles. The van der Waals surface area contributed by atoms with E-state index in [0.717, 1.165) is 90.1 Å². The van der Waals surface area contributed by atoms with E-state index in [2.05, 4.69) is 25.8 Å². The molecule has 0 atom stereocenters. The Bertz CT molecular complexity index is 1930. The predicted molar refractivity (Wildman–Crippen MR) is 200 cm³/mol. The maximum Gasteiger partial charge on any atom is 0.411 e. The summed E-state index contributed by atoms with van der Waals surface area (Å²) < 4.78 is 12.1. The minimum atomic E-state index is -0.447. The number of methoxy groups -OCH3 is 1. The van der Waals surface area contributed by atoms with E-state index in [-0.39, 0.29) is 16.9 Å². The monoisotopic (exact) mass is 693 g/mol. The first-order valence-electron chi connectivity index (χ1n) is 17.1. The number of H-pyrrole nitrogens is 1. The second-order valence-electron chi connectivity index (χ2n) is 12.4. The van der Waals surface area contributed by atoms with Crippen LogP contribution in [0.2, 0.25) is 0 Å². The summed E-state index contributed by atoms with van der Waals surface area (Å²) in [6, 6.07) is 29.6. The van der Waals surface area contributed by atoms with Crippen molar-refractivity contribution in [1.82, 2.24) is 15.2 Å². The maximum atomic E-state index is 12.7. The van der Waals surface area contributed by atoms with E-state index in [4.69, 9.17) is 9.47 Å². The molecule has 1 aliphatic rings. The number of anilines is 2. The van der Waals surface area contributed by atoms with E-state index in [9.17, 15) is 14.4 Å². The first kappa shape index (κ1) is 34.9. The van der Waals surface area contributed by atoms with Crippen LogP contribution in [0.4, 0.5) is 16.2 Å². The van der Waals surface area contributed by atoms with E-state index in [1.807, 2.05) is 91.0 Å². The van der Waals surface area contributed by atoms with E-state index >= 15 is 0 Å². The molecule has 4 aromatic carbocycles. The summed E-state index contributed by atoms with van der Waals surface area (Å²) in [7, 11) is 1.61. The largest absolute Gasteiger partial charge is 0.495 e. The Morgan fingerprint density at radius 1 is 0.880 bits per heavy atom. The minimum absolute atomic E-state index is 0.0191. The van der Waals surface area contributed by atoms with Gasteiger partial charge in [-0.3, -0.25) is 14.9 Å². The summed E-state index contributed by atoms with van der Waals surface area (Å²) in [4.78, 5) is 42.3. The summed E-state index contributed by atoms with van der Waals surface area (Å²) in [5.41, 5.74) is 6.55. The van der Waals surface area contributed by atoms with Gasteiger partial charge in [0.15, 0.2) is 0 Å². The Morgan fingerprint density at radius 3 is 2.40 bits per heavy atom. The first-order valence-corrected chi connectivity index (χ1v) is 17.9. The second-order valence-corrected chi connectivity index (χ2v) is 13.4. The number of hydrogen-bond acceptors (Lipinski definition) is 8. The standard InChI is InChI=1S/C39H43N5O5S/c1-48-34-16-13-29(37-36(34)43-39(47)50-37)18-23-40-22-17-27-11-14-30(15-12-27)41-35(45)21-26-44-24-19-31(20-25-44)49-38(46)42-33-10-6-5-9-32(33)28-7-3-2-4-8-28/h2-16,31,40H,17-26H2,1H3,(H,41,45)(H,42,46)(H,43,47). The molecule has 0 unspecified atom stereocenters. The van der Waals surface area contributed by atoms with Gasteiger partial charge in [-0.25, -0.2) is 4.79 Å². The Hall–Kier alpha value is -4.97. The number of carbonyl (C=O) groups is 2. The molecule has 260 valence electrons. The highest BCUT2D eigenvalue weighted by molar-refractivity contribution is 7.16. The van der Waals surface area contributed by atoms with Gasteiger partial charge in [-0.1, -0.05) is 78.1 Å². The Labute approximate surface area is 295 Å². The summed E-state index contributed by atoms with van der Waals surface area (Å²) in [5, 5.41) is 9.42. The third kappa shape index (κ3) is 9.38. The number of hydrogen-bond donors (Lipinski definition) is 4. The zero-order valence-corrected chi connectivity index (χ0v) is 29.0. The molecular formula is C39H43N5O5S. The highest BCUT2D eigenvalue weighted by Gasteiger charge is 2.23. The lowest BCUT2D eigenvalue weighted by Crippen LogP contribution is -2.39. The topological polar surface area (TPSA) is 125 Å². The van der Waals surface area contributed by atoms with Gasteiger partial charge in [0.1, 0.15) is 17.4 Å². The van der Waals surface area contributed by atoms with Crippen molar-refractivity contribution in [3.63, 3.8) is 0 Å². The Balaban J connectivity index is 0.855. The number of amides is 2. The van der Waals surface area contributed by atoms with Crippen LogP contribution in [0.3, 0.4) is 0 Å². The van der Waals surface area contributed by atoms with E-state index < -0.39 is 6.09 Å². The number of para-hydroxylation sites is 1. The van der Waals surface area contributed by atoms with Crippen molar-refractivity contribution >= 4 is 44.9 Å². The van der Waals surface area contributed by atoms with Crippen LogP contribution < -0.4 is 25.6 Å². The van der Waals surface area contributed by atoms with Gasteiger partial charge in [0.05, 0.1) is 17.5 Å². The van der Waals surface area contributed by atoms with E-state index in [0.29, 0.717) is 18.7 Å². The van der Waals surface area contributed by atoms with Crippen LogP contribution in [0.5, 0.6) is 5.75 Å². The number of aromatic nitrogens is 1. The molecule has 0 radical (unpaired) electrons. The fourth-order valence-electron chi connectivity index (χ4n) is 6.25. The average Bonchev–Trinajstić information content (AvgIpc) is 3.54. The lowest BCUT2D eigenvalue weighted by Gasteiger charge is -2.31. The molecule has 0 spiro atoms. The van der Waals surface area contributed by atoms with Crippen molar-refractivity contribution in [1.29, 1.82) is 0 Å². The van der Waals surface area contributed by atoms with Gasteiger partial charge in [0.2, 0.25) is 5.91 Å². The van der Waals surface area contributed by atoms with Gasteiger partial charge < -0.3 is 30.0 Å². The number of rotatable bonds is 14. The van der Waals surface area contributed by atoms with E-state index in [1.165, 1.54) is 16.9 Å². The molecule has 1 saturated heterocycles. The zero-order valence-electron chi connectivity index (χ0n) is 28.2. The SMILES string of the molecule is COc1ccc(CCNCCc2ccc(NC(=O)CCN3CCC(OC(=O)Nc4ccccc4-c4ccccc4)CC3)cc2)c2sc(=O)[nH]c12. The van der Waals surface area contributed by atoms with Crippen LogP contribution in [0.15, 0.2) is 95.8 Å². The Morgan fingerprint density at radius 2 is 1.62 bits per heavy atom. The molecule has 0 bridgehead atoms. The number of benzene rings is 4. The van der Waals surface area contributed by atoms with Gasteiger partial charge in [-0.15, -0.1) is 0 Å². The molecule has 10 nitrogen and oxygen atoms in total. The molecule has 6 rings (SSSR count). The molecule has 2 amide bonds. The summed E-state index contributed by atoms with van der Waals surface area (Å²) in [5.74, 6) is 0.664. The normalized spacial score (nSPS) is 13.6. The number of nitrogens with one attached hydrogen (secondary N) is 4. The van der Waals surface area contributed by atoms with Crippen LogP contribution in [0.25, 0.3) is 21.3 Å². The summed E-state index contributed by atoms with van der Waals surface area (Å²) in [6.07, 6.45) is 2.93. The van der Waals surface area contributed by atoms with Crippen molar-refractivity contribution in [3.8, 4) is 16.9 Å². The molecule has 50 heavy (non-hydrogen) atoms. The quantitative estimate of drug-likeness (QED) is 0.0957. The lowest BCUT2D eigenvalue weighted by molar-refractivity contribution is -0.116. The smallest absolute Gasteiger partial charge is 0.411 e. The predicted octanol–water partition coefficient (Wildman–Crippen LogP) is 6.68. The molecule has 1 fully saturated rings. The fourth-order valence-corrected chi connectivity index (χ4v) is 7.15. The number of nitrogens with zero attached hydrogens (tertiary/aromatic N) is 1. The van der Waals surface area contributed by atoms with Crippen molar-refractivity contribution in [3.05, 3.63) is 112 Å². The molecule has 0 saturated carbocycles.